The summed E-state index contributed by atoms with van der Waals surface area (Å²) in [5, 5.41) is 19.6. The van der Waals surface area contributed by atoms with Gasteiger partial charge in [0.05, 0.1) is 32.1 Å². The minimum Gasteiger partial charge on any atom is -0.493 e. The molecule has 1 unspecified atom stereocenters. The fourth-order valence-electron chi connectivity index (χ4n) is 4.33. The van der Waals surface area contributed by atoms with Crippen LogP contribution in [-0.4, -0.2) is 67.1 Å². The summed E-state index contributed by atoms with van der Waals surface area (Å²) < 4.78 is 24.3. The maximum absolute atomic E-state index is 12.9. The Labute approximate surface area is 275 Å². The van der Waals surface area contributed by atoms with Gasteiger partial charge in [0.1, 0.15) is 17.9 Å². The molecular formula is C32H47N5O8S. The summed E-state index contributed by atoms with van der Waals surface area (Å²) in [5.74, 6) is -0.0461. The average molecular weight is 662 g/mol. The highest BCUT2D eigenvalue weighted by Gasteiger charge is 2.22. The van der Waals surface area contributed by atoms with Crippen molar-refractivity contribution in [3.8, 4) is 11.6 Å². The van der Waals surface area contributed by atoms with E-state index in [9.17, 15) is 14.7 Å². The minimum atomic E-state index is -0.577. The molecule has 2 rings (SSSR count). The van der Waals surface area contributed by atoms with Crippen LogP contribution in [0.2, 0.25) is 0 Å². The lowest BCUT2D eigenvalue weighted by Gasteiger charge is -2.18. The molecule has 1 aromatic heterocycles. The van der Waals surface area contributed by atoms with Gasteiger partial charge in [-0.25, -0.2) is 9.15 Å². The van der Waals surface area contributed by atoms with Crippen molar-refractivity contribution in [1.82, 2.24) is 8.87 Å². The van der Waals surface area contributed by atoms with Crippen LogP contribution >= 0.6 is 12.2 Å². The summed E-state index contributed by atoms with van der Waals surface area (Å²) in [7, 11) is 3.23. The summed E-state index contributed by atoms with van der Waals surface area (Å²) in [4.78, 5) is 34.4. The Balaban J connectivity index is 2.39. The average Bonchev–Trinajstić information content (AvgIpc) is 3.05. The van der Waals surface area contributed by atoms with Gasteiger partial charge in [-0.05, 0) is 55.9 Å². The molecule has 13 nitrogen and oxygen atoms in total. The number of benzene rings is 1. The molecule has 1 N–H and O–H groups in total. The van der Waals surface area contributed by atoms with Crippen molar-refractivity contribution in [2.45, 2.75) is 72.8 Å². The van der Waals surface area contributed by atoms with E-state index in [-0.39, 0.29) is 41.3 Å². The molecule has 0 aliphatic carbocycles. The second-order valence-corrected chi connectivity index (χ2v) is 11.5. The van der Waals surface area contributed by atoms with E-state index in [1.807, 2.05) is 11.2 Å². The van der Waals surface area contributed by atoms with E-state index >= 15 is 0 Å². The lowest BCUT2D eigenvalue weighted by molar-refractivity contribution is -0.145. The highest BCUT2D eigenvalue weighted by Crippen LogP contribution is 2.37. The second kappa shape index (κ2) is 20.6. The van der Waals surface area contributed by atoms with Gasteiger partial charge in [0, 0.05) is 45.8 Å². The van der Waals surface area contributed by atoms with Crippen LogP contribution in [0.25, 0.3) is 4.85 Å². The Morgan fingerprint density at radius 2 is 1.76 bits per heavy atom. The van der Waals surface area contributed by atoms with Crippen LogP contribution in [0.15, 0.2) is 33.2 Å². The van der Waals surface area contributed by atoms with Crippen molar-refractivity contribution in [3.63, 3.8) is 0 Å². The number of azo groups is 1. The van der Waals surface area contributed by atoms with Crippen LogP contribution in [0.5, 0.6) is 11.6 Å². The lowest BCUT2D eigenvalue weighted by atomic mass is 10.1. The summed E-state index contributed by atoms with van der Waals surface area (Å²) >= 11 is 0.995. The minimum absolute atomic E-state index is 0.0162. The Hall–Kier alpha value is -3.48. The molecule has 0 radical (unpaired) electrons. The van der Waals surface area contributed by atoms with Crippen LogP contribution < -0.4 is 10.4 Å². The highest BCUT2D eigenvalue weighted by molar-refractivity contribution is 7.92. The monoisotopic (exact) mass is 661 g/mol. The summed E-state index contributed by atoms with van der Waals surface area (Å²) in [5.41, 5.74) is 0.581. The Kier molecular flexibility index (Phi) is 17.3. The van der Waals surface area contributed by atoms with Gasteiger partial charge in [0.15, 0.2) is 5.75 Å². The maximum Gasteiger partial charge on any atom is 0.306 e. The van der Waals surface area contributed by atoms with Crippen molar-refractivity contribution >= 4 is 35.3 Å². The van der Waals surface area contributed by atoms with Gasteiger partial charge < -0.3 is 24.2 Å². The first-order valence-electron chi connectivity index (χ1n) is 15.4. The summed E-state index contributed by atoms with van der Waals surface area (Å²) in [6, 6.07) is 4.68. The molecule has 1 aromatic carbocycles. The zero-order valence-corrected chi connectivity index (χ0v) is 28.7. The molecule has 0 amide bonds. The van der Waals surface area contributed by atoms with E-state index < -0.39 is 5.56 Å². The largest absolute Gasteiger partial charge is 0.493 e. The number of pyridine rings is 1. The number of esters is 1. The molecule has 254 valence electrons. The van der Waals surface area contributed by atoms with E-state index in [0.29, 0.717) is 68.7 Å². The fraction of sp³-hybridized carbons (Fsp3) is 0.594. The topological polar surface area (TPSA) is 138 Å². The smallest absolute Gasteiger partial charge is 0.306 e. The third kappa shape index (κ3) is 11.7. The normalized spacial score (nSPS) is 12.2. The Morgan fingerprint density at radius 3 is 2.35 bits per heavy atom. The molecule has 0 bridgehead atoms. The van der Waals surface area contributed by atoms with E-state index in [1.54, 1.807) is 46.3 Å². The molecule has 0 saturated carbocycles. The van der Waals surface area contributed by atoms with Gasteiger partial charge in [-0.3, -0.25) is 14.2 Å². The van der Waals surface area contributed by atoms with E-state index in [4.69, 9.17) is 30.0 Å². The molecule has 14 heteroatoms. The first-order chi connectivity index (χ1) is 22.1. The molecule has 1 heterocycles. The number of ether oxygens (including phenoxy) is 3. The highest BCUT2D eigenvalue weighted by atomic mass is 32.2. The predicted molar refractivity (Wildman–Crippen MR) is 177 cm³/mol. The number of methoxy groups -OCH3 is 2. The number of carbonyl (C=O) groups is 1. The number of rotatable bonds is 21. The quantitative estimate of drug-likeness (QED) is 0.0278. The molecule has 0 fully saturated rings. The number of hydrogen-bond acceptors (Lipinski definition) is 12. The molecule has 2 aromatic rings. The van der Waals surface area contributed by atoms with Crippen LogP contribution in [-0.2, 0) is 29.8 Å². The predicted octanol–water partition coefficient (Wildman–Crippen LogP) is 7.18. The van der Waals surface area contributed by atoms with Gasteiger partial charge in [0.25, 0.3) is 11.2 Å². The molecule has 46 heavy (non-hydrogen) atoms. The number of aromatic hydroxyl groups is 1. The molecular weight excluding hydrogens is 614 g/mol. The SMILES string of the molecule is [C-]#[N+]c1c(C)c(/N=N/c2cc(CCC(=O)OCC(CC)CC)cc(OOSN(CCOC)CCOC)c2)c(O)n(C(C)CC)c1=O. The van der Waals surface area contributed by atoms with Crippen LogP contribution in [0.1, 0.15) is 70.5 Å². The third-order valence-electron chi connectivity index (χ3n) is 7.54. The number of aromatic nitrogens is 1. The summed E-state index contributed by atoms with van der Waals surface area (Å²) in [6.45, 7) is 19.4. The van der Waals surface area contributed by atoms with Gasteiger partial charge >= 0.3 is 5.97 Å². The molecule has 0 saturated heterocycles. The van der Waals surface area contributed by atoms with Gasteiger partial charge in [-0.15, -0.1) is 5.11 Å². The zero-order valence-electron chi connectivity index (χ0n) is 27.9. The first-order valence-corrected chi connectivity index (χ1v) is 16.1. The standard InChI is InChI=1S/C32H47N5O8S/c1-9-22(4)37-31(39)29(33-6)23(5)30(32(37)40)35-34-26-18-25(12-13-28(38)43-21-24(10-2)11-3)19-27(20-26)44-45-46-36(14-16-41-7)15-17-42-8/h18-20,22,24,40H,9-17,21H2,1-5,7-8H3/b35-34+. The molecule has 0 aliphatic rings. The fourth-order valence-corrected chi connectivity index (χ4v) is 4.83. The van der Waals surface area contributed by atoms with Crippen molar-refractivity contribution in [2.24, 2.45) is 16.1 Å². The van der Waals surface area contributed by atoms with E-state index in [2.05, 4.69) is 28.9 Å². The zero-order chi connectivity index (χ0) is 34.1. The van der Waals surface area contributed by atoms with Crippen molar-refractivity contribution in [1.29, 1.82) is 0 Å². The van der Waals surface area contributed by atoms with Crippen LogP contribution in [0, 0.1) is 19.4 Å². The number of aryl methyl sites for hydroxylation is 1. The Morgan fingerprint density at radius 1 is 1.09 bits per heavy atom. The van der Waals surface area contributed by atoms with E-state index in [0.717, 1.165) is 29.6 Å². The Bertz CT molecular complexity index is 1380. The molecule has 0 aliphatic heterocycles. The van der Waals surface area contributed by atoms with Crippen LogP contribution in [0.4, 0.5) is 17.1 Å². The number of hydrogen-bond donors (Lipinski definition) is 1. The number of nitrogens with zero attached hydrogens (tertiary/aromatic N) is 5. The van der Waals surface area contributed by atoms with Crippen molar-refractivity contribution < 1.29 is 33.3 Å². The van der Waals surface area contributed by atoms with Crippen LogP contribution in [0.3, 0.4) is 0 Å². The van der Waals surface area contributed by atoms with Crippen molar-refractivity contribution in [2.75, 3.05) is 47.1 Å². The van der Waals surface area contributed by atoms with Gasteiger partial charge in [-0.2, -0.15) is 5.11 Å². The van der Waals surface area contributed by atoms with Crippen molar-refractivity contribution in [3.05, 3.63) is 51.1 Å². The van der Waals surface area contributed by atoms with Gasteiger partial charge in [0.2, 0.25) is 5.88 Å². The molecule has 1 atom stereocenters. The summed E-state index contributed by atoms with van der Waals surface area (Å²) in [6.07, 6.45) is 2.91. The first kappa shape index (κ1) is 38.7. The second-order valence-electron chi connectivity index (χ2n) is 10.7. The maximum atomic E-state index is 12.9. The lowest BCUT2D eigenvalue weighted by Crippen LogP contribution is -2.25. The molecule has 0 spiro atoms. The van der Waals surface area contributed by atoms with E-state index in [1.165, 1.54) is 0 Å². The van der Waals surface area contributed by atoms with Gasteiger partial charge in [-0.1, -0.05) is 37.9 Å². The third-order valence-corrected chi connectivity index (χ3v) is 8.24. The number of carbonyl (C=O) groups excluding carboxylic acids is 1.